The lowest BCUT2D eigenvalue weighted by atomic mass is 9.90. The molecule has 3 aliphatic rings. The first kappa shape index (κ1) is 12.7. The fraction of sp³-hybridized carbons (Fsp3) is 0.875. The molecular weight excluding hydrogens is 224 g/mol. The van der Waals surface area contributed by atoms with Gasteiger partial charge in [0.25, 0.3) is 0 Å². The Morgan fingerprint density at radius 1 is 1.11 bits per heavy atom. The van der Waals surface area contributed by atoms with Crippen LogP contribution in [0.15, 0.2) is 12.2 Å². The lowest BCUT2D eigenvalue weighted by Crippen LogP contribution is -2.35. The number of rotatable bonds is 5. The first-order valence-corrected chi connectivity index (χ1v) is 7.70. The third kappa shape index (κ3) is 2.65. The van der Waals surface area contributed by atoms with Crippen LogP contribution in [0.25, 0.3) is 0 Å². The monoisotopic (exact) mass is 250 g/mol. The summed E-state index contributed by atoms with van der Waals surface area (Å²) in [6.07, 6.45) is 14.3. The molecule has 3 rings (SSSR count). The van der Waals surface area contributed by atoms with Gasteiger partial charge < -0.3 is 9.47 Å². The van der Waals surface area contributed by atoms with Gasteiger partial charge in [-0.15, -0.1) is 0 Å². The van der Waals surface area contributed by atoms with E-state index in [-0.39, 0.29) is 5.60 Å². The Morgan fingerprint density at radius 2 is 1.94 bits per heavy atom. The van der Waals surface area contributed by atoms with E-state index in [2.05, 4.69) is 19.1 Å². The molecule has 2 bridgehead atoms. The van der Waals surface area contributed by atoms with E-state index < -0.39 is 0 Å². The minimum atomic E-state index is 0.0926. The van der Waals surface area contributed by atoms with E-state index in [1.807, 2.05) is 0 Å². The molecule has 0 aromatic heterocycles. The largest absolute Gasteiger partial charge is 0.376 e. The van der Waals surface area contributed by atoms with Crippen LogP contribution in [-0.4, -0.2) is 24.9 Å². The zero-order chi connectivity index (χ0) is 12.4. The normalized spacial score (nSPS) is 39.6. The van der Waals surface area contributed by atoms with Gasteiger partial charge in [0, 0.05) is 5.92 Å². The van der Waals surface area contributed by atoms with E-state index in [1.54, 1.807) is 0 Å². The van der Waals surface area contributed by atoms with Gasteiger partial charge in [0.05, 0.1) is 24.9 Å². The van der Waals surface area contributed by atoms with Crippen LogP contribution in [0.4, 0.5) is 0 Å². The molecule has 0 aliphatic heterocycles. The molecule has 2 heteroatoms. The van der Waals surface area contributed by atoms with E-state index in [0.29, 0.717) is 12.0 Å². The molecule has 0 heterocycles. The zero-order valence-electron chi connectivity index (χ0n) is 11.6. The lowest BCUT2D eigenvalue weighted by Gasteiger charge is -2.32. The van der Waals surface area contributed by atoms with Gasteiger partial charge in [-0.25, -0.2) is 0 Å². The zero-order valence-corrected chi connectivity index (χ0v) is 11.6. The third-order valence-corrected chi connectivity index (χ3v) is 5.04. The number of hydrogen-bond donors (Lipinski definition) is 0. The van der Waals surface area contributed by atoms with Gasteiger partial charge in [-0.3, -0.25) is 0 Å². The Labute approximate surface area is 111 Å². The summed E-state index contributed by atoms with van der Waals surface area (Å²) in [7, 11) is 0. The van der Waals surface area contributed by atoms with E-state index in [9.17, 15) is 0 Å². The number of fused-ring (bicyclic) bond motifs is 2. The van der Waals surface area contributed by atoms with Gasteiger partial charge >= 0.3 is 0 Å². The molecular formula is C16H26O2. The van der Waals surface area contributed by atoms with Gasteiger partial charge in [0.1, 0.15) is 0 Å². The number of ether oxygens (including phenoxy) is 2. The van der Waals surface area contributed by atoms with Crippen molar-refractivity contribution in [2.75, 3.05) is 13.2 Å². The van der Waals surface area contributed by atoms with Crippen LogP contribution in [0.5, 0.6) is 0 Å². The molecule has 0 aromatic carbocycles. The fourth-order valence-corrected chi connectivity index (χ4v) is 3.94. The van der Waals surface area contributed by atoms with Crippen LogP contribution in [0.1, 0.15) is 51.9 Å². The summed E-state index contributed by atoms with van der Waals surface area (Å²) in [5, 5.41) is 0. The van der Waals surface area contributed by atoms with Crippen molar-refractivity contribution in [1.82, 2.24) is 0 Å². The van der Waals surface area contributed by atoms with Crippen LogP contribution in [0, 0.1) is 11.8 Å². The van der Waals surface area contributed by atoms with Crippen molar-refractivity contribution < 1.29 is 9.47 Å². The average molecular weight is 250 g/mol. The van der Waals surface area contributed by atoms with Gasteiger partial charge in [0.15, 0.2) is 0 Å². The Morgan fingerprint density at radius 3 is 2.61 bits per heavy atom. The minimum absolute atomic E-state index is 0.0926. The molecule has 0 radical (unpaired) electrons. The second-order valence-corrected chi connectivity index (χ2v) is 6.48. The lowest BCUT2D eigenvalue weighted by molar-refractivity contribution is -0.0851. The van der Waals surface area contributed by atoms with Crippen molar-refractivity contribution >= 4 is 0 Å². The van der Waals surface area contributed by atoms with Gasteiger partial charge in [-0.2, -0.15) is 0 Å². The first-order valence-electron chi connectivity index (χ1n) is 7.70. The first-order chi connectivity index (χ1) is 8.76. The Balaban J connectivity index is 1.36. The maximum absolute atomic E-state index is 6.14. The molecule has 2 saturated carbocycles. The highest BCUT2D eigenvalue weighted by Crippen LogP contribution is 2.48. The predicted molar refractivity (Wildman–Crippen MR) is 72.5 cm³/mol. The molecule has 3 aliphatic carbocycles. The average Bonchev–Trinajstić information content (AvgIpc) is 2.96. The molecule has 0 saturated heterocycles. The van der Waals surface area contributed by atoms with Crippen LogP contribution in [0.3, 0.4) is 0 Å². The highest BCUT2D eigenvalue weighted by Gasteiger charge is 2.45. The van der Waals surface area contributed by atoms with E-state index >= 15 is 0 Å². The minimum Gasteiger partial charge on any atom is -0.376 e. The molecule has 0 N–H and O–H groups in total. The van der Waals surface area contributed by atoms with E-state index in [1.165, 1.54) is 44.9 Å². The van der Waals surface area contributed by atoms with Gasteiger partial charge in [-0.05, 0) is 38.5 Å². The van der Waals surface area contributed by atoms with Crippen molar-refractivity contribution in [3.8, 4) is 0 Å². The summed E-state index contributed by atoms with van der Waals surface area (Å²) in [4.78, 5) is 0. The molecule has 0 amide bonds. The van der Waals surface area contributed by atoms with Crippen LogP contribution < -0.4 is 0 Å². The van der Waals surface area contributed by atoms with Gasteiger partial charge in [0.2, 0.25) is 0 Å². The Hall–Kier alpha value is -0.340. The SMILES string of the molecule is CC1(OCCOC2CCCCC2)CC2C=CC1C2. The Bertz CT molecular complexity index is 306. The standard InChI is InChI=1S/C16H26O2/c1-16(12-13-7-8-14(16)11-13)18-10-9-17-15-5-3-2-4-6-15/h7-8,13-15H,2-6,9-12H2,1H3. The second kappa shape index (κ2) is 5.34. The maximum Gasteiger partial charge on any atom is 0.0723 e. The predicted octanol–water partition coefficient (Wildman–Crippen LogP) is 3.71. The summed E-state index contributed by atoms with van der Waals surface area (Å²) in [5.74, 6) is 1.43. The summed E-state index contributed by atoms with van der Waals surface area (Å²) in [6, 6.07) is 0. The number of hydrogen-bond acceptors (Lipinski definition) is 2. The van der Waals surface area contributed by atoms with Crippen molar-refractivity contribution in [2.24, 2.45) is 11.8 Å². The summed E-state index contributed by atoms with van der Waals surface area (Å²) >= 11 is 0. The molecule has 2 fully saturated rings. The Kier molecular flexibility index (Phi) is 3.76. The summed E-state index contributed by atoms with van der Waals surface area (Å²) in [6.45, 7) is 3.83. The molecule has 2 nitrogen and oxygen atoms in total. The summed E-state index contributed by atoms with van der Waals surface area (Å²) < 4.78 is 12.1. The van der Waals surface area contributed by atoms with Crippen LogP contribution in [-0.2, 0) is 9.47 Å². The summed E-state index contributed by atoms with van der Waals surface area (Å²) in [5.41, 5.74) is 0.0926. The van der Waals surface area contributed by atoms with Crippen LogP contribution >= 0.6 is 0 Å². The quantitative estimate of drug-likeness (QED) is 0.547. The molecule has 18 heavy (non-hydrogen) atoms. The molecule has 102 valence electrons. The van der Waals surface area contributed by atoms with Crippen molar-refractivity contribution in [1.29, 1.82) is 0 Å². The smallest absolute Gasteiger partial charge is 0.0723 e. The van der Waals surface area contributed by atoms with Crippen molar-refractivity contribution in [3.05, 3.63) is 12.2 Å². The van der Waals surface area contributed by atoms with E-state index in [0.717, 1.165) is 19.1 Å². The molecule has 0 aromatic rings. The number of allylic oxidation sites excluding steroid dienone is 1. The van der Waals surface area contributed by atoms with E-state index in [4.69, 9.17) is 9.47 Å². The maximum atomic E-state index is 6.14. The van der Waals surface area contributed by atoms with Gasteiger partial charge in [-0.1, -0.05) is 31.4 Å². The third-order valence-electron chi connectivity index (χ3n) is 5.04. The second-order valence-electron chi connectivity index (χ2n) is 6.48. The van der Waals surface area contributed by atoms with Crippen molar-refractivity contribution in [3.63, 3.8) is 0 Å². The van der Waals surface area contributed by atoms with Crippen LogP contribution in [0.2, 0.25) is 0 Å². The fourth-order valence-electron chi connectivity index (χ4n) is 3.94. The highest BCUT2D eigenvalue weighted by atomic mass is 16.5. The van der Waals surface area contributed by atoms with Crippen molar-refractivity contribution in [2.45, 2.75) is 63.6 Å². The molecule has 3 unspecified atom stereocenters. The molecule has 3 atom stereocenters. The highest BCUT2D eigenvalue weighted by molar-refractivity contribution is 5.15. The molecule has 0 spiro atoms. The topological polar surface area (TPSA) is 18.5 Å².